The van der Waals surface area contributed by atoms with Gasteiger partial charge in [0, 0.05) is 5.54 Å². The first-order valence-corrected chi connectivity index (χ1v) is 6.49. The Morgan fingerprint density at radius 2 is 1.53 bits per heavy atom. The van der Waals surface area contributed by atoms with Gasteiger partial charge in [-0.1, -0.05) is 41.5 Å². The summed E-state index contributed by atoms with van der Waals surface area (Å²) in [4.78, 5) is 0. The standard InChI is InChI=1S/C17H20FN/c1-12-8-13(2)10-14(9-12)11-17(3,19)15-4-6-16(18)7-5-15/h4-10H,11,19H2,1-3H3. The van der Waals surface area contributed by atoms with Crippen molar-refractivity contribution in [2.75, 3.05) is 0 Å². The van der Waals surface area contributed by atoms with Crippen LogP contribution >= 0.6 is 0 Å². The third-order valence-corrected chi connectivity index (χ3v) is 3.36. The molecule has 0 aliphatic rings. The van der Waals surface area contributed by atoms with Gasteiger partial charge >= 0.3 is 0 Å². The molecule has 0 radical (unpaired) electrons. The van der Waals surface area contributed by atoms with Gasteiger partial charge in [0.1, 0.15) is 5.82 Å². The summed E-state index contributed by atoms with van der Waals surface area (Å²) >= 11 is 0. The second-order valence-corrected chi connectivity index (χ2v) is 5.60. The molecule has 0 aromatic heterocycles. The molecule has 100 valence electrons. The fourth-order valence-electron chi connectivity index (χ4n) is 2.53. The van der Waals surface area contributed by atoms with E-state index in [0.29, 0.717) is 0 Å². The van der Waals surface area contributed by atoms with E-state index >= 15 is 0 Å². The van der Waals surface area contributed by atoms with Gasteiger partial charge in [-0.05, 0) is 50.5 Å². The Balaban J connectivity index is 2.27. The van der Waals surface area contributed by atoms with Gasteiger partial charge in [-0.15, -0.1) is 0 Å². The van der Waals surface area contributed by atoms with Crippen LogP contribution in [0.1, 0.15) is 29.2 Å². The highest BCUT2D eigenvalue weighted by atomic mass is 19.1. The van der Waals surface area contributed by atoms with Gasteiger partial charge in [0.25, 0.3) is 0 Å². The van der Waals surface area contributed by atoms with E-state index in [0.717, 1.165) is 12.0 Å². The SMILES string of the molecule is Cc1cc(C)cc(CC(C)(N)c2ccc(F)cc2)c1. The molecular weight excluding hydrogens is 237 g/mol. The fraction of sp³-hybridized carbons (Fsp3) is 0.294. The van der Waals surface area contributed by atoms with E-state index in [1.165, 1.54) is 28.8 Å². The van der Waals surface area contributed by atoms with E-state index in [9.17, 15) is 4.39 Å². The van der Waals surface area contributed by atoms with Gasteiger partial charge in [0.05, 0.1) is 0 Å². The summed E-state index contributed by atoms with van der Waals surface area (Å²) in [7, 11) is 0. The Kier molecular flexibility index (Phi) is 3.72. The van der Waals surface area contributed by atoms with Crippen LogP contribution in [-0.2, 0) is 12.0 Å². The quantitative estimate of drug-likeness (QED) is 0.887. The summed E-state index contributed by atoms with van der Waals surface area (Å²) in [6.07, 6.45) is 0.737. The molecule has 0 bridgehead atoms. The number of benzene rings is 2. The van der Waals surface area contributed by atoms with Crippen molar-refractivity contribution in [2.24, 2.45) is 5.73 Å². The maximum absolute atomic E-state index is 13.0. The number of hydrogen-bond acceptors (Lipinski definition) is 1. The molecule has 2 aromatic rings. The summed E-state index contributed by atoms with van der Waals surface area (Å²) < 4.78 is 13.0. The summed E-state index contributed by atoms with van der Waals surface area (Å²) in [5, 5.41) is 0. The first-order valence-electron chi connectivity index (χ1n) is 6.49. The molecule has 2 N–H and O–H groups in total. The van der Waals surface area contributed by atoms with Gasteiger partial charge in [-0.25, -0.2) is 4.39 Å². The minimum Gasteiger partial charge on any atom is -0.321 e. The zero-order valence-corrected chi connectivity index (χ0v) is 11.7. The Morgan fingerprint density at radius 1 is 1.00 bits per heavy atom. The van der Waals surface area contributed by atoms with Gasteiger partial charge in [0.2, 0.25) is 0 Å². The Labute approximate surface area is 114 Å². The van der Waals surface area contributed by atoms with Crippen LogP contribution in [0.15, 0.2) is 42.5 Å². The molecule has 19 heavy (non-hydrogen) atoms. The number of nitrogens with two attached hydrogens (primary N) is 1. The van der Waals surface area contributed by atoms with Gasteiger partial charge in [-0.2, -0.15) is 0 Å². The first kappa shape index (κ1) is 13.8. The normalized spacial score (nSPS) is 14.2. The largest absolute Gasteiger partial charge is 0.321 e. The summed E-state index contributed by atoms with van der Waals surface area (Å²) in [5.41, 5.74) is 10.6. The minimum absolute atomic E-state index is 0.231. The van der Waals surface area contributed by atoms with Crippen LogP contribution in [0.3, 0.4) is 0 Å². The fourth-order valence-corrected chi connectivity index (χ4v) is 2.53. The van der Waals surface area contributed by atoms with Crippen LogP contribution in [-0.4, -0.2) is 0 Å². The Morgan fingerprint density at radius 3 is 2.05 bits per heavy atom. The number of hydrogen-bond donors (Lipinski definition) is 1. The molecule has 1 unspecified atom stereocenters. The molecule has 0 amide bonds. The van der Waals surface area contributed by atoms with Crippen LogP contribution in [0.2, 0.25) is 0 Å². The monoisotopic (exact) mass is 257 g/mol. The van der Waals surface area contributed by atoms with Crippen molar-refractivity contribution in [1.29, 1.82) is 0 Å². The van der Waals surface area contributed by atoms with Crippen molar-refractivity contribution in [2.45, 2.75) is 32.7 Å². The predicted molar refractivity (Wildman–Crippen MR) is 77.6 cm³/mol. The van der Waals surface area contributed by atoms with Crippen molar-refractivity contribution in [3.8, 4) is 0 Å². The first-order chi connectivity index (χ1) is 8.87. The molecule has 0 saturated heterocycles. The van der Waals surface area contributed by atoms with Gasteiger partial charge in [-0.3, -0.25) is 0 Å². The zero-order chi connectivity index (χ0) is 14.0. The molecule has 0 saturated carbocycles. The third-order valence-electron chi connectivity index (χ3n) is 3.36. The Bertz CT molecular complexity index is 550. The number of rotatable bonds is 3. The molecule has 0 aliphatic carbocycles. The predicted octanol–water partition coefficient (Wildman–Crippen LogP) is 3.86. The lowest BCUT2D eigenvalue weighted by Crippen LogP contribution is -2.35. The number of aryl methyl sites for hydroxylation is 2. The van der Waals surface area contributed by atoms with E-state index in [2.05, 4.69) is 32.0 Å². The highest BCUT2D eigenvalue weighted by Gasteiger charge is 2.21. The van der Waals surface area contributed by atoms with E-state index in [1.807, 2.05) is 6.92 Å². The average Bonchev–Trinajstić information content (AvgIpc) is 2.27. The molecule has 0 spiro atoms. The molecule has 0 aliphatic heterocycles. The molecule has 0 heterocycles. The third kappa shape index (κ3) is 3.42. The maximum Gasteiger partial charge on any atom is 0.123 e. The van der Waals surface area contributed by atoms with Gasteiger partial charge in [0.15, 0.2) is 0 Å². The van der Waals surface area contributed by atoms with Crippen LogP contribution in [0.25, 0.3) is 0 Å². The summed E-state index contributed by atoms with van der Waals surface area (Å²) in [6, 6.07) is 12.9. The second kappa shape index (κ2) is 5.14. The van der Waals surface area contributed by atoms with Crippen LogP contribution < -0.4 is 5.73 Å². The van der Waals surface area contributed by atoms with E-state index < -0.39 is 5.54 Å². The molecule has 2 heteroatoms. The molecule has 1 atom stereocenters. The second-order valence-electron chi connectivity index (χ2n) is 5.60. The molecule has 1 nitrogen and oxygen atoms in total. The van der Waals surface area contributed by atoms with Crippen molar-refractivity contribution in [3.05, 3.63) is 70.5 Å². The molecule has 2 aromatic carbocycles. The van der Waals surface area contributed by atoms with Crippen LogP contribution in [0.4, 0.5) is 4.39 Å². The summed E-state index contributed by atoms with van der Waals surface area (Å²) in [6.45, 7) is 6.16. The van der Waals surface area contributed by atoms with E-state index in [-0.39, 0.29) is 5.82 Å². The van der Waals surface area contributed by atoms with Crippen LogP contribution in [0, 0.1) is 19.7 Å². The lowest BCUT2D eigenvalue weighted by Gasteiger charge is -2.26. The van der Waals surface area contributed by atoms with Crippen LogP contribution in [0.5, 0.6) is 0 Å². The molecule has 0 fully saturated rings. The lowest BCUT2D eigenvalue weighted by molar-refractivity contribution is 0.489. The zero-order valence-electron chi connectivity index (χ0n) is 11.7. The smallest absolute Gasteiger partial charge is 0.123 e. The van der Waals surface area contributed by atoms with Crippen molar-refractivity contribution in [3.63, 3.8) is 0 Å². The number of halogens is 1. The van der Waals surface area contributed by atoms with E-state index in [1.54, 1.807) is 12.1 Å². The topological polar surface area (TPSA) is 26.0 Å². The average molecular weight is 257 g/mol. The summed E-state index contributed by atoms with van der Waals surface area (Å²) in [5.74, 6) is -0.231. The molecule has 2 rings (SSSR count). The lowest BCUT2D eigenvalue weighted by atomic mass is 9.86. The Hall–Kier alpha value is -1.67. The van der Waals surface area contributed by atoms with Crippen molar-refractivity contribution in [1.82, 2.24) is 0 Å². The van der Waals surface area contributed by atoms with Gasteiger partial charge < -0.3 is 5.73 Å². The minimum atomic E-state index is -0.492. The highest BCUT2D eigenvalue weighted by molar-refractivity contribution is 5.32. The van der Waals surface area contributed by atoms with E-state index in [4.69, 9.17) is 5.73 Å². The molecular formula is C17H20FN. The van der Waals surface area contributed by atoms with Crippen molar-refractivity contribution < 1.29 is 4.39 Å². The maximum atomic E-state index is 13.0. The van der Waals surface area contributed by atoms with Crippen molar-refractivity contribution >= 4 is 0 Å². The highest BCUT2D eigenvalue weighted by Crippen LogP contribution is 2.24.